The van der Waals surface area contributed by atoms with Gasteiger partial charge in [-0.1, -0.05) is 133 Å². The second-order valence-electron chi connectivity index (χ2n) is 12.9. The van der Waals surface area contributed by atoms with Crippen LogP contribution in [0.1, 0.15) is 0 Å². The van der Waals surface area contributed by atoms with E-state index in [-0.39, 0.29) is 0 Å². The molecule has 10 aromatic rings. The predicted octanol–water partition coefficient (Wildman–Crippen LogP) is 13.8. The number of anilines is 3. The first-order chi connectivity index (χ1) is 24.8. The smallest absolute Gasteiger partial charge is 0.136 e. The van der Waals surface area contributed by atoms with E-state index in [2.05, 4.69) is 187 Å². The topological polar surface area (TPSA) is 16.4 Å². The highest BCUT2D eigenvalue weighted by molar-refractivity contribution is 6.22. The Morgan fingerprint density at radius 1 is 0.320 bits per heavy atom. The van der Waals surface area contributed by atoms with E-state index in [1.54, 1.807) is 0 Å². The number of para-hydroxylation sites is 2. The zero-order chi connectivity index (χ0) is 33.0. The summed E-state index contributed by atoms with van der Waals surface area (Å²) >= 11 is 0. The monoisotopic (exact) mass is 637 g/mol. The van der Waals surface area contributed by atoms with Crippen LogP contribution in [0.2, 0.25) is 0 Å². The minimum absolute atomic E-state index is 0.905. The molecule has 0 unspecified atom stereocenters. The van der Waals surface area contributed by atoms with Gasteiger partial charge in [0.25, 0.3) is 0 Å². The van der Waals surface area contributed by atoms with Gasteiger partial charge in [-0.25, -0.2) is 0 Å². The molecule has 0 saturated carbocycles. The lowest BCUT2D eigenvalue weighted by atomic mass is 9.94. The number of nitrogens with zero attached hydrogens (tertiary/aromatic N) is 1. The van der Waals surface area contributed by atoms with Gasteiger partial charge in [-0.3, -0.25) is 0 Å². The lowest BCUT2D eigenvalue weighted by molar-refractivity contribution is 0.669. The minimum Gasteiger partial charge on any atom is -0.456 e. The van der Waals surface area contributed by atoms with Crippen LogP contribution >= 0.6 is 0 Å². The largest absolute Gasteiger partial charge is 0.456 e. The average molecular weight is 638 g/mol. The Bertz CT molecular complexity index is 2850. The zero-order valence-electron chi connectivity index (χ0n) is 27.3. The molecule has 0 atom stereocenters. The van der Waals surface area contributed by atoms with Crippen molar-refractivity contribution in [3.63, 3.8) is 0 Å². The Hall–Kier alpha value is -6.64. The molecule has 0 N–H and O–H groups in total. The van der Waals surface area contributed by atoms with E-state index < -0.39 is 0 Å². The van der Waals surface area contributed by atoms with Crippen LogP contribution in [0.5, 0.6) is 0 Å². The Kier molecular flexibility index (Phi) is 6.53. The van der Waals surface area contributed by atoms with Gasteiger partial charge in [-0.2, -0.15) is 0 Å². The molecule has 50 heavy (non-hydrogen) atoms. The van der Waals surface area contributed by atoms with E-state index in [1.807, 2.05) is 6.07 Å². The van der Waals surface area contributed by atoms with Gasteiger partial charge in [-0.05, 0) is 109 Å². The highest BCUT2D eigenvalue weighted by Gasteiger charge is 2.18. The highest BCUT2D eigenvalue weighted by atomic mass is 16.3. The fourth-order valence-electron chi connectivity index (χ4n) is 7.64. The van der Waals surface area contributed by atoms with Crippen molar-refractivity contribution in [1.82, 2.24) is 0 Å². The molecule has 0 aliphatic rings. The molecule has 0 amide bonds. The van der Waals surface area contributed by atoms with Crippen LogP contribution in [0.4, 0.5) is 17.1 Å². The van der Waals surface area contributed by atoms with Gasteiger partial charge < -0.3 is 9.32 Å². The van der Waals surface area contributed by atoms with E-state index in [0.717, 1.165) is 50.1 Å². The molecule has 0 saturated heterocycles. The van der Waals surface area contributed by atoms with Crippen LogP contribution in [0.25, 0.3) is 76.5 Å². The predicted molar refractivity (Wildman–Crippen MR) is 212 cm³/mol. The van der Waals surface area contributed by atoms with Gasteiger partial charge in [0.1, 0.15) is 11.2 Å². The van der Waals surface area contributed by atoms with Gasteiger partial charge >= 0.3 is 0 Å². The molecular formula is C48H31NO. The quantitative estimate of drug-likeness (QED) is 0.175. The summed E-state index contributed by atoms with van der Waals surface area (Å²) in [5, 5.41) is 9.75. The maximum atomic E-state index is 6.42. The van der Waals surface area contributed by atoms with E-state index in [0.29, 0.717) is 0 Å². The maximum Gasteiger partial charge on any atom is 0.136 e. The van der Waals surface area contributed by atoms with Crippen molar-refractivity contribution in [2.75, 3.05) is 4.90 Å². The molecule has 0 radical (unpaired) electrons. The molecule has 2 heteroatoms. The van der Waals surface area contributed by atoms with E-state index >= 15 is 0 Å². The van der Waals surface area contributed by atoms with Gasteiger partial charge in [0, 0.05) is 27.8 Å². The Morgan fingerprint density at radius 2 is 0.940 bits per heavy atom. The lowest BCUT2D eigenvalue weighted by Crippen LogP contribution is -2.09. The maximum absolute atomic E-state index is 6.42. The van der Waals surface area contributed by atoms with E-state index in [9.17, 15) is 0 Å². The minimum atomic E-state index is 0.905. The van der Waals surface area contributed by atoms with Crippen molar-refractivity contribution < 1.29 is 4.42 Å². The average Bonchev–Trinajstić information content (AvgIpc) is 3.57. The summed E-state index contributed by atoms with van der Waals surface area (Å²) in [6.07, 6.45) is 0. The van der Waals surface area contributed by atoms with Crippen molar-refractivity contribution in [3.05, 3.63) is 188 Å². The molecular weight excluding hydrogens is 607 g/mol. The van der Waals surface area contributed by atoms with E-state index in [4.69, 9.17) is 4.42 Å². The van der Waals surface area contributed by atoms with Crippen LogP contribution in [-0.4, -0.2) is 0 Å². The van der Waals surface area contributed by atoms with Gasteiger partial charge in [0.2, 0.25) is 0 Å². The number of rotatable bonds is 5. The first kappa shape index (κ1) is 28.4. The fraction of sp³-hybridized carbons (Fsp3) is 0. The summed E-state index contributed by atoms with van der Waals surface area (Å²) in [5.74, 6) is 0. The molecule has 9 aromatic carbocycles. The summed E-state index contributed by atoms with van der Waals surface area (Å²) in [7, 11) is 0. The van der Waals surface area contributed by atoms with Crippen LogP contribution < -0.4 is 4.90 Å². The SMILES string of the molecule is c1ccc(-c2cc3oc4ccccc4c3c3ccc(N(c4ccccc4)c4ccc(-c5ccc6c(ccc7ccccc76)c5)cc4)cc23)cc1. The van der Waals surface area contributed by atoms with Crippen molar-refractivity contribution >= 4 is 71.3 Å². The third kappa shape index (κ3) is 4.65. The summed E-state index contributed by atoms with van der Waals surface area (Å²) in [6.45, 7) is 0. The molecule has 10 rings (SSSR count). The number of fused-ring (bicyclic) bond motifs is 8. The molecule has 0 fully saturated rings. The lowest BCUT2D eigenvalue weighted by Gasteiger charge is -2.26. The van der Waals surface area contributed by atoms with Gasteiger partial charge in [0.05, 0.1) is 0 Å². The third-order valence-electron chi connectivity index (χ3n) is 10.0. The first-order valence-electron chi connectivity index (χ1n) is 17.1. The summed E-state index contributed by atoms with van der Waals surface area (Å²) in [4.78, 5) is 2.35. The molecule has 0 spiro atoms. The second-order valence-corrected chi connectivity index (χ2v) is 12.9. The molecule has 0 aliphatic heterocycles. The molecule has 0 bridgehead atoms. The second kappa shape index (κ2) is 11.5. The molecule has 0 aliphatic carbocycles. The normalized spacial score (nSPS) is 11.6. The zero-order valence-corrected chi connectivity index (χ0v) is 27.3. The summed E-state index contributed by atoms with van der Waals surface area (Å²) < 4.78 is 6.42. The van der Waals surface area contributed by atoms with E-state index in [1.165, 1.54) is 43.4 Å². The Balaban J connectivity index is 1.12. The van der Waals surface area contributed by atoms with Gasteiger partial charge in [-0.15, -0.1) is 0 Å². The molecule has 1 aromatic heterocycles. The highest BCUT2D eigenvalue weighted by Crippen LogP contribution is 2.44. The number of benzene rings is 9. The fourth-order valence-corrected chi connectivity index (χ4v) is 7.64. The number of furan rings is 1. The summed E-state index contributed by atoms with van der Waals surface area (Å²) in [5.41, 5.74) is 9.83. The van der Waals surface area contributed by atoms with Crippen LogP contribution in [0, 0.1) is 0 Å². The third-order valence-corrected chi connectivity index (χ3v) is 10.0. The number of hydrogen-bond acceptors (Lipinski definition) is 2. The van der Waals surface area contributed by atoms with Crippen molar-refractivity contribution in [2.24, 2.45) is 0 Å². The van der Waals surface area contributed by atoms with Crippen molar-refractivity contribution in [1.29, 1.82) is 0 Å². The Labute approximate surface area is 290 Å². The summed E-state index contributed by atoms with van der Waals surface area (Å²) in [6, 6.07) is 67.5. The van der Waals surface area contributed by atoms with Crippen LogP contribution in [-0.2, 0) is 0 Å². The Morgan fingerprint density at radius 3 is 1.78 bits per heavy atom. The van der Waals surface area contributed by atoms with Crippen molar-refractivity contribution in [2.45, 2.75) is 0 Å². The van der Waals surface area contributed by atoms with Crippen LogP contribution in [0.15, 0.2) is 192 Å². The van der Waals surface area contributed by atoms with Crippen LogP contribution in [0.3, 0.4) is 0 Å². The van der Waals surface area contributed by atoms with Gasteiger partial charge in [0.15, 0.2) is 0 Å². The van der Waals surface area contributed by atoms with Crippen molar-refractivity contribution in [3.8, 4) is 22.3 Å². The first-order valence-corrected chi connectivity index (χ1v) is 17.1. The molecule has 234 valence electrons. The standard InChI is InChI=1S/C48H31NO/c1-3-11-33(12-4-1)44-31-47-48(43-17-9-10-18-46(43)50-47)42-28-26-39(30-45(42)44)49(37-14-5-2-6-15-37)38-24-21-32(22-25-38)35-23-27-41-36(29-35)20-19-34-13-7-8-16-40(34)41/h1-31H. The number of hydrogen-bond donors (Lipinski definition) is 0. The molecule has 2 nitrogen and oxygen atoms in total. The molecule has 1 heterocycles.